The van der Waals surface area contributed by atoms with Crippen LogP contribution in [0.3, 0.4) is 0 Å². The molecule has 2 aromatic heterocycles. The van der Waals surface area contributed by atoms with E-state index in [9.17, 15) is 0 Å². The van der Waals surface area contributed by atoms with Gasteiger partial charge in [0.05, 0.1) is 0 Å². The van der Waals surface area contributed by atoms with Gasteiger partial charge in [-0.3, -0.25) is 0 Å². The number of nitrogens with zero attached hydrogens (tertiary/aromatic N) is 4. The molecule has 222 valence electrons. The van der Waals surface area contributed by atoms with Gasteiger partial charge in [-0.1, -0.05) is 133 Å². The van der Waals surface area contributed by atoms with Crippen molar-refractivity contribution in [3.05, 3.63) is 168 Å². The Labute approximate surface area is 275 Å². The third kappa shape index (κ3) is 12.6. The smallest absolute Gasteiger partial charge is 0.0381 e. The van der Waals surface area contributed by atoms with Crippen LogP contribution < -0.4 is 10.6 Å². The van der Waals surface area contributed by atoms with Crippen LogP contribution in [0.25, 0.3) is 10.6 Å². The van der Waals surface area contributed by atoms with Crippen LogP contribution in [0.4, 0.5) is 46.0 Å². The van der Waals surface area contributed by atoms with Gasteiger partial charge >= 0.3 is 41.8 Å². The Morgan fingerprint density at radius 2 is 0.727 bits per heavy atom. The van der Waals surface area contributed by atoms with Gasteiger partial charge in [0.2, 0.25) is 0 Å². The number of hydrogen-bond acceptors (Lipinski definition) is 4. The molecule has 0 bridgehead atoms. The van der Waals surface area contributed by atoms with Gasteiger partial charge < -0.3 is 31.2 Å². The first-order valence-electron chi connectivity index (χ1n) is 13.4. The number of benzene rings is 4. The molecular weight excluding hydrogens is 650 g/mol. The van der Waals surface area contributed by atoms with Gasteiger partial charge in [0.25, 0.3) is 0 Å². The predicted molar refractivity (Wildman–Crippen MR) is 184 cm³/mol. The average molecular weight is 678 g/mol. The van der Waals surface area contributed by atoms with Crippen molar-refractivity contribution in [1.82, 2.24) is 9.97 Å². The van der Waals surface area contributed by atoms with Crippen molar-refractivity contribution in [3.8, 4) is 0 Å². The van der Waals surface area contributed by atoms with E-state index in [0.29, 0.717) is 11.6 Å². The molecule has 0 atom stereocenters. The first-order chi connectivity index (χ1) is 21.5. The summed E-state index contributed by atoms with van der Waals surface area (Å²) in [4.78, 5) is 8.97. The summed E-state index contributed by atoms with van der Waals surface area (Å²) in [5.41, 5.74) is 3.82. The molecule has 0 fully saturated rings. The summed E-state index contributed by atoms with van der Waals surface area (Å²) in [5, 5.41) is 15.5. The van der Waals surface area contributed by atoms with E-state index in [4.69, 9.17) is 29.5 Å². The summed E-state index contributed by atoms with van der Waals surface area (Å²) in [6.45, 7) is 0. The molecule has 0 saturated carbocycles. The number of anilines is 4. The first kappa shape index (κ1) is 32.7. The molecule has 0 amide bonds. The number of aromatic nitrogens is 2. The van der Waals surface area contributed by atoms with Crippen LogP contribution in [0.2, 0.25) is 0 Å². The van der Waals surface area contributed by atoms with Crippen LogP contribution >= 0.6 is 29.5 Å². The molecule has 0 unspecified atom stereocenters. The minimum absolute atomic E-state index is 0.692. The Morgan fingerprint density at radius 3 is 1.07 bits per heavy atom. The number of pyridine rings is 2. The Bertz CT molecular complexity index is 1410. The van der Waals surface area contributed by atoms with Crippen LogP contribution in [0, 0.1) is 0 Å². The van der Waals surface area contributed by atoms with Crippen LogP contribution in [0.15, 0.2) is 158 Å². The average Bonchev–Trinajstić information content (AvgIpc) is 3.04. The normalized spacial score (nSPS) is 9.91. The fraction of sp³-hybridized carbons (Fsp3) is 0. The van der Waals surface area contributed by atoms with Gasteiger partial charge in [-0.2, -0.15) is 0 Å². The first-order valence-corrected chi connectivity index (χ1v) is 19.2. The van der Waals surface area contributed by atoms with E-state index in [1.807, 2.05) is 158 Å². The number of para-hydroxylation sites is 4. The zero-order valence-corrected chi connectivity index (χ0v) is 27.0. The summed E-state index contributed by atoms with van der Waals surface area (Å²) in [5.74, 6) is 2.95. The molecule has 10 heteroatoms. The minimum atomic E-state index is -1.77. The standard InChI is InChI=1S/2C17H14N3.3ClH.V/c2*1-3-8-14(9-4-1)18-16-12-7-13-17(20-16)19-15-10-5-2-6-11-15;;;;/h2*1-13H,(H-,18,19,20);3*1H;/q2*-1;;;;+3/p-3. The fourth-order valence-electron chi connectivity index (χ4n) is 3.72. The van der Waals surface area contributed by atoms with Crippen LogP contribution in [0.1, 0.15) is 0 Å². The van der Waals surface area contributed by atoms with Gasteiger partial charge in [-0.15, -0.1) is 0 Å². The Hall–Kier alpha value is -4.17. The van der Waals surface area contributed by atoms with E-state index >= 15 is 0 Å². The van der Waals surface area contributed by atoms with E-state index in [2.05, 4.69) is 31.2 Å². The molecule has 0 aliphatic rings. The summed E-state index contributed by atoms with van der Waals surface area (Å²) >= 11 is -1.77. The van der Waals surface area contributed by atoms with Gasteiger partial charge in [0.1, 0.15) is 0 Å². The summed E-state index contributed by atoms with van der Waals surface area (Å²) in [6.07, 6.45) is 0. The number of hydrogen-bond donors (Lipinski definition) is 2. The topological polar surface area (TPSA) is 78.0 Å². The van der Waals surface area contributed by atoms with Crippen molar-refractivity contribution in [2.45, 2.75) is 0 Å². The van der Waals surface area contributed by atoms with E-state index < -0.39 is 12.3 Å². The van der Waals surface area contributed by atoms with Gasteiger partial charge in [0.15, 0.2) is 0 Å². The Kier molecular flexibility index (Phi) is 13.8. The largest absolute Gasteiger partial charge is 0.436 e. The molecule has 4 aromatic carbocycles. The van der Waals surface area contributed by atoms with Crippen LogP contribution in [-0.4, -0.2) is 9.97 Å². The van der Waals surface area contributed by atoms with Gasteiger partial charge in [-0.05, 0) is 47.8 Å². The monoisotopic (exact) mass is 676 g/mol. The molecule has 0 aliphatic carbocycles. The summed E-state index contributed by atoms with van der Waals surface area (Å²) in [7, 11) is 14.9. The molecule has 0 spiro atoms. The van der Waals surface area contributed by atoms with E-state index in [-0.39, 0.29) is 0 Å². The van der Waals surface area contributed by atoms with Gasteiger partial charge in [0, 0.05) is 23.0 Å². The molecule has 6 nitrogen and oxygen atoms in total. The molecule has 0 saturated heterocycles. The molecule has 2 heterocycles. The second-order valence-electron chi connectivity index (χ2n) is 8.83. The second-order valence-corrected chi connectivity index (χ2v) is 15.8. The van der Waals surface area contributed by atoms with Gasteiger partial charge in [-0.25, -0.2) is 0 Å². The third-order valence-electron chi connectivity index (χ3n) is 5.56. The quantitative estimate of drug-likeness (QED) is 0.168. The third-order valence-corrected chi connectivity index (χ3v) is 5.56. The van der Waals surface area contributed by atoms with E-state index in [0.717, 1.165) is 34.4 Å². The van der Waals surface area contributed by atoms with E-state index in [1.54, 1.807) is 0 Å². The van der Waals surface area contributed by atoms with Crippen molar-refractivity contribution >= 4 is 75.6 Å². The SMILES string of the molecule is [Cl][V]([Cl])[Cl].c1ccc([N-]c2cccc(Nc3ccccc3)n2)cc1.c1ccc([N-]c2cccc(Nc3ccccc3)n2)cc1. The number of nitrogens with one attached hydrogen (secondary N) is 2. The zero-order valence-electron chi connectivity index (χ0n) is 23.4. The van der Waals surface area contributed by atoms with Crippen molar-refractivity contribution in [3.63, 3.8) is 0 Å². The zero-order chi connectivity index (χ0) is 30.8. The van der Waals surface area contributed by atoms with Crippen molar-refractivity contribution in [2.75, 3.05) is 10.6 Å². The number of halogens is 3. The minimum Gasteiger partial charge on any atom is -0.436 e. The van der Waals surface area contributed by atoms with Crippen molar-refractivity contribution in [1.29, 1.82) is 0 Å². The Morgan fingerprint density at radius 1 is 0.409 bits per heavy atom. The molecule has 44 heavy (non-hydrogen) atoms. The molecule has 6 rings (SSSR count). The fourth-order valence-corrected chi connectivity index (χ4v) is 3.72. The number of rotatable bonds is 8. The summed E-state index contributed by atoms with van der Waals surface area (Å²) in [6, 6.07) is 51.1. The maximum atomic E-state index is 4.95. The van der Waals surface area contributed by atoms with Crippen molar-refractivity contribution in [2.24, 2.45) is 0 Å². The Balaban J connectivity index is 0.000000179. The maximum absolute atomic E-state index is 4.95. The van der Waals surface area contributed by atoms with E-state index in [1.165, 1.54) is 0 Å². The van der Waals surface area contributed by atoms with Crippen LogP contribution in [-0.2, 0) is 12.3 Å². The molecule has 6 aromatic rings. The van der Waals surface area contributed by atoms with Crippen molar-refractivity contribution < 1.29 is 12.3 Å². The molecule has 2 N–H and O–H groups in total. The van der Waals surface area contributed by atoms with Crippen LogP contribution in [0.5, 0.6) is 0 Å². The second kappa shape index (κ2) is 18.5. The molecule has 0 aliphatic heterocycles. The molecular formula is C34H28Cl3N6V-2. The maximum Gasteiger partial charge on any atom is 0.0381 e. The molecule has 0 radical (unpaired) electrons. The summed E-state index contributed by atoms with van der Waals surface area (Å²) < 4.78 is 0. The predicted octanol–water partition coefficient (Wildman–Crippen LogP) is 12.4.